The number of ketones is 1. The normalized spacial score (nSPS) is 9.00. The second-order valence-electron chi connectivity index (χ2n) is 3.94. The van der Waals surface area contributed by atoms with Crippen LogP contribution in [0.1, 0.15) is 22.3 Å². The second kappa shape index (κ2) is 8.26. The Morgan fingerprint density at radius 3 is 1.67 bits per heavy atom. The molecule has 7 nitrogen and oxygen atoms in total. The molecule has 0 bridgehead atoms. The van der Waals surface area contributed by atoms with Crippen molar-refractivity contribution in [2.24, 2.45) is 0 Å². The van der Waals surface area contributed by atoms with Crippen LogP contribution >= 0.6 is 0 Å². The van der Waals surface area contributed by atoms with Crippen molar-refractivity contribution in [2.45, 2.75) is 13.3 Å². The smallest absolute Gasteiger partial charge is 0.339 e. The molecule has 0 saturated carbocycles. The SMILES string of the molecule is C=C(C(=O)O)C(=O)c1ccc(C)cc1.O=C(O)CC(=O)O. The van der Waals surface area contributed by atoms with E-state index in [1.807, 2.05) is 6.92 Å². The molecule has 1 aromatic rings. The molecule has 0 spiro atoms. The van der Waals surface area contributed by atoms with E-state index in [9.17, 15) is 19.2 Å². The maximum Gasteiger partial charge on any atom is 0.339 e. The van der Waals surface area contributed by atoms with Gasteiger partial charge >= 0.3 is 17.9 Å². The molecule has 112 valence electrons. The van der Waals surface area contributed by atoms with E-state index in [4.69, 9.17) is 15.3 Å². The van der Waals surface area contributed by atoms with Gasteiger partial charge < -0.3 is 15.3 Å². The van der Waals surface area contributed by atoms with Crippen LogP contribution in [0.3, 0.4) is 0 Å². The van der Waals surface area contributed by atoms with Gasteiger partial charge in [0.1, 0.15) is 12.0 Å². The molecule has 3 N–H and O–H groups in total. The highest BCUT2D eigenvalue weighted by molar-refractivity contribution is 6.23. The summed E-state index contributed by atoms with van der Waals surface area (Å²) in [4.78, 5) is 40.7. The predicted octanol–water partition coefficient (Wildman–Crippen LogP) is 1.36. The molecular weight excluding hydrogens is 280 g/mol. The molecule has 0 amide bonds. The van der Waals surface area contributed by atoms with Crippen LogP contribution in [0.15, 0.2) is 36.4 Å². The molecule has 1 aromatic carbocycles. The van der Waals surface area contributed by atoms with Crippen LogP contribution in [0.5, 0.6) is 0 Å². The minimum absolute atomic E-state index is 0.350. The van der Waals surface area contributed by atoms with Crippen molar-refractivity contribution in [3.05, 3.63) is 47.5 Å². The number of aliphatic carboxylic acids is 3. The van der Waals surface area contributed by atoms with Gasteiger partial charge in [0.15, 0.2) is 5.78 Å². The Bertz CT molecular complexity index is 557. The number of hydrogen-bond acceptors (Lipinski definition) is 4. The number of carboxylic acid groups (broad SMARTS) is 3. The van der Waals surface area contributed by atoms with Crippen molar-refractivity contribution >= 4 is 23.7 Å². The quantitative estimate of drug-likeness (QED) is 0.323. The third-order valence-electron chi connectivity index (χ3n) is 2.15. The summed E-state index contributed by atoms with van der Waals surface area (Å²) in [6.45, 7) is 5.09. The van der Waals surface area contributed by atoms with E-state index in [2.05, 4.69) is 6.58 Å². The van der Waals surface area contributed by atoms with Crippen LogP contribution in [0, 0.1) is 6.92 Å². The van der Waals surface area contributed by atoms with E-state index in [0.717, 1.165) is 5.56 Å². The largest absolute Gasteiger partial charge is 0.481 e. The number of benzene rings is 1. The Hall–Kier alpha value is -2.96. The van der Waals surface area contributed by atoms with Crippen LogP contribution in [0.2, 0.25) is 0 Å². The molecule has 0 aromatic heterocycles. The molecule has 0 aliphatic rings. The summed E-state index contributed by atoms with van der Waals surface area (Å²) in [7, 11) is 0. The fraction of sp³-hybridized carbons (Fsp3) is 0.143. The van der Waals surface area contributed by atoms with Crippen LogP contribution in [0.4, 0.5) is 0 Å². The minimum atomic E-state index is -1.31. The summed E-state index contributed by atoms with van der Waals surface area (Å²) in [6, 6.07) is 6.68. The first-order valence-electron chi connectivity index (χ1n) is 5.62. The van der Waals surface area contributed by atoms with Gasteiger partial charge in [0.05, 0.1) is 0 Å². The van der Waals surface area contributed by atoms with Crippen molar-refractivity contribution in [1.82, 2.24) is 0 Å². The zero-order valence-electron chi connectivity index (χ0n) is 11.2. The Balaban J connectivity index is 0.000000486. The van der Waals surface area contributed by atoms with Crippen molar-refractivity contribution in [3.63, 3.8) is 0 Å². The molecule has 0 saturated heterocycles. The lowest BCUT2D eigenvalue weighted by Gasteiger charge is -2.00. The van der Waals surface area contributed by atoms with Gasteiger partial charge in [-0.1, -0.05) is 36.4 Å². The van der Waals surface area contributed by atoms with E-state index < -0.39 is 35.7 Å². The number of rotatable bonds is 5. The standard InChI is InChI=1S/C11H10O3.C3H4O4/c1-7-3-5-9(6-4-7)10(12)8(2)11(13)14;4-2(5)1-3(6)7/h3-6H,2H2,1H3,(H,13,14);1H2,(H,4,5)(H,6,7). The first-order valence-corrected chi connectivity index (χ1v) is 5.62. The molecule has 0 atom stereocenters. The minimum Gasteiger partial charge on any atom is -0.481 e. The summed E-state index contributed by atoms with van der Waals surface area (Å²) in [5, 5.41) is 24.0. The van der Waals surface area contributed by atoms with Crippen LogP contribution in [-0.4, -0.2) is 39.0 Å². The topological polar surface area (TPSA) is 129 Å². The monoisotopic (exact) mass is 294 g/mol. The van der Waals surface area contributed by atoms with E-state index in [-0.39, 0.29) is 0 Å². The van der Waals surface area contributed by atoms with Crippen LogP contribution in [0.25, 0.3) is 0 Å². The molecule has 0 unspecified atom stereocenters. The lowest BCUT2D eigenvalue weighted by Crippen LogP contribution is -2.11. The third kappa shape index (κ3) is 7.26. The Morgan fingerprint density at radius 2 is 1.38 bits per heavy atom. The van der Waals surface area contributed by atoms with E-state index in [1.54, 1.807) is 24.3 Å². The fourth-order valence-electron chi connectivity index (χ4n) is 1.11. The molecule has 0 heterocycles. The Kier molecular flexibility index (Phi) is 7.09. The Labute approximate surface area is 120 Å². The molecule has 0 fully saturated rings. The summed E-state index contributed by atoms with van der Waals surface area (Å²) in [5.74, 6) is -4.45. The lowest BCUT2D eigenvalue weighted by atomic mass is 10.0. The van der Waals surface area contributed by atoms with Gasteiger partial charge in [-0.25, -0.2) is 4.79 Å². The number of carboxylic acids is 3. The molecule has 7 heteroatoms. The average Bonchev–Trinajstić information content (AvgIpc) is 2.37. The maximum atomic E-state index is 11.4. The van der Waals surface area contributed by atoms with Gasteiger partial charge in [-0.15, -0.1) is 0 Å². The van der Waals surface area contributed by atoms with Crippen molar-refractivity contribution in [2.75, 3.05) is 0 Å². The molecule has 1 rings (SSSR count). The highest BCUT2D eigenvalue weighted by Crippen LogP contribution is 2.08. The summed E-state index contributed by atoms with van der Waals surface area (Å²) in [6.07, 6.45) is -0.806. The van der Waals surface area contributed by atoms with Gasteiger partial charge in [0.2, 0.25) is 0 Å². The average molecular weight is 294 g/mol. The van der Waals surface area contributed by atoms with Crippen molar-refractivity contribution in [3.8, 4) is 0 Å². The highest BCUT2D eigenvalue weighted by Gasteiger charge is 2.15. The second-order valence-corrected chi connectivity index (χ2v) is 3.94. The van der Waals surface area contributed by atoms with Gasteiger partial charge in [0.25, 0.3) is 0 Å². The molecule has 0 aliphatic heterocycles. The lowest BCUT2D eigenvalue weighted by molar-refractivity contribution is -0.147. The number of Topliss-reactive ketones (excluding diaryl/α,β-unsaturated/α-hetero) is 1. The van der Waals surface area contributed by atoms with Gasteiger partial charge in [-0.05, 0) is 6.92 Å². The molecule has 21 heavy (non-hydrogen) atoms. The molecule has 0 aliphatic carbocycles. The number of carbonyl (C=O) groups is 4. The maximum absolute atomic E-state index is 11.4. The van der Waals surface area contributed by atoms with E-state index >= 15 is 0 Å². The van der Waals surface area contributed by atoms with Gasteiger partial charge in [-0.3, -0.25) is 14.4 Å². The number of carbonyl (C=O) groups excluding carboxylic acids is 1. The van der Waals surface area contributed by atoms with E-state index in [1.165, 1.54) is 0 Å². The summed E-state index contributed by atoms with van der Waals surface area (Å²) < 4.78 is 0. The first kappa shape index (κ1) is 18.0. The van der Waals surface area contributed by atoms with Crippen LogP contribution in [-0.2, 0) is 14.4 Å². The molecule has 0 radical (unpaired) electrons. The summed E-state index contributed by atoms with van der Waals surface area (Å²) in [5.41, 5.74) is 0.958. The van der Waals surface area contributed by atoms with Gasteiger partial charge in [0, 0.05) is 5.56 Å². The zero-order chi connectivity index (χ0) is 16.6. The third-order valence-corrected chi connectivity index (χ3v) is 2.15. The van der Waals surface area contributed by atoms with Crippen LogP contribution < -0.4 is 0 Å². The molecular formula is C14H14O7. The first-order chi connectivity index (χ1) is 9.65. The van der Waals surface area contributed by atoms with Gasteiger partial charge in [-0.2, -0.15) is 0 Å². The fourth-order valence-corrected chi connectivity index (χ4v) is 1.11. The van der Waals surface area contributed by atoms with Crippen molar-refractivity contribution in [1.29, 1.82) is 0 Å². The van der Waals surface area contributed by atoms with Crippen molar-refractivity contribution < 1.29 is 34.5 Å². The highest BCUT2D eigenvalue weighted by atomic mass is 16.4. The predicted molar refractivity (Wildman–Crippen MR) is 72.2 cm³/mol. The van der Waals surface area contributed by atoms with E-state index in [0.29, 0.717) is 5.56 Å². The number of hydrogen-bond donors (Lipinski definition) is 3. The Morgan fingerprint density at radius 1 is 0.952 bits per heavy atom. The summed E-state index contributed by atoms with van der Waals surface area (Å²) >= 11 is 0. The zero-order valence-corrected chi connectivity index (χ0v) is 11.2. The number of aryl methyl sites for hydroxylation is 1.